The lowest BCUT2D eigenvalue weighted by atomic mass is 10.0. The predicted molar refractivity (Wildman–Crippen MR) is 71.3 cm³/mol. The van der Waals surface area contributed by atoms with Crippen LogP contribution in [0.2, 0.25) is 0 Å². The number of likely N-dealkylation sites (tertiary alicyclic amines) is 1. The van der Waals surface area contributed by atoms with Gasteiger partial charge in [0.1, 0.15) is 18.6 Å². The summed E-state index contributed by atoms with van der Waals surface area (Å²) in [7, 11) is 2.13. The summed E-state index contributed by atoms with van der Waals surface area (Å²) in [5.74, 6) is 0.472. The Labute approximate surface area is 112 Å². The summed E-state index contributed by atoms with van der Waals surface area (Å²) in [5.41, 5.74) is -0.243. The molecule has 0 bridgehead atoms. The Balaban J connectivity index is 1.83. The molecule has 1 aliphatic heterocycles. The van der Waals surface area contributed by atoms with Crippen LogP contribution in [0.3, 0.4) is 0 Å². The van der Waals surface area contributed by atoms with E-state index in [4.69, 9.17) is 14.3 Å². The van der Waals surface area contributed by atoms with E-state index >= 15 is 0 Å². The summed E-state index contributed by atoms with van der Waals surface area (Å²) in [6, 6.07) is 1.81. The smallest absolute Gasteiger partial charge is 0.227 e. The average Bonchev–Trinajstić information content (AvgIpc) is 2.42. The Bertz CT molecular complexity index is 457. The SMILES string of the molecule is CN1CCCCC1CCOc1coc(CO)cc1=O. The molecule has 0 saturated carbocycles. The van der Waals surface area contributed by atoms with Crippen molar-refractivity contribution in [2.24, 2.45) is 0 Å². The molecule has 1 atom stereocenters. The maximum atomic E-state index is 11.6. The molecule has 2 heterocycles. The van der Waals surface area contributed by atoms with Crippen molar-refractivity contribution in [1.29, 1.82) is 0 Å². The molecule has 106 valence electrons. The number of aliphatic hydroxyl groups excluding tert-OH is 1. The van der Waals surface area contributed by atoms with Crippen LogP contribution in [0.15, 0.2) is 21.5 Å². The molecule has 0 amide bonds. The van der Waals surface area contributed by atoms with Crippen molar-refractivity contribution >= 4 is 0 Å². The normalized spacial score (nSPS) is 20.4. The van der Waals surface area contributed by atoms with Crippen molar-refractivity contribution in [3.05, 3.63) is 28.3 Å². The first kappa shape index (κ1) is 14.1. The van der Waals surface area contributed by atoms with Crippen molar-refractivity contribution in [3.63, 3.8) is 0 Å². The number of hydrogen-bond donors (Lipinski definition) is 1. The minimum absolute atomic E-state index is 0.218. The van der Waals surface area contributed by atoms with Crippen LogP contribution in [0.25, 0.3) is 0 Å². The van der Waals surface area contributed by atoms with Gasteiger partial charge in [0.15, 0.2) is 0 Å². The van der Waals surface area contributed by atoms with E-state index in [1.165, 1.54) is 31.6 Å². The van der Waals surface area contributed by atoms with Crippen LogP contribution in [0.5, 0.6) is 5.75 Å². The van der Waals surface area contributed by atoms with Gasteiger partial charge in [-0.15, -0.1) is 0 Å². The third-order valence-corrected chi connectivity index (χ3v) is 3.64. The summed E-state index contributed by atoms with van der Waals surface area (Å²) in [5, 5.41) is 8.85. The van der Waals surface area contributed by atoms with Gasteiger partial charge in [0, 0.05) is 12.1 Å². The molecule has 1 aromatic rings. The lowest BCUT2D eigenvalue weighted by Crippen LogP contribution is -2.37. The van der Waals surface area contributed by atoms with Crippen LogP contribution < -0.4 is 10.2 Å². The molecule has 0 spiro atoms. The maximum Gasteiger partial charge on any atom is 0.227 e. The third-order valence-electron chi connectivity index (χ3n) is 3.64. The Morgan fingerprint density at radius 1 is 1.53 bits per heavy atom. The van der Waals surface area contributed by atoms with E-state index in [0.717, 1.165) is 13.0 Å². The van der Waals surface area contributed by atoms with Crippen molar-refractivity contribution in [2.75, 3.05) is 20.2 Å². The van der Waals surface area contributed by atoms with Crippen molar-refractivity contribution in [2.45, 2.75) is 38.3 Å². The van der Waals surface area contributed by atoms with Crippen LogP contribution in [-0.4, -0.2) is 36.2 Å². The van der Waals surface area contributed by atoms with Crippen LogP contribution in [0.1, 0.15) is 31.4 Å². The molecule has 19 heavy (non-hydrogen) atoms. The van der Waals surface area contributed by atoms with E-state index in [1.807, 2.05) is 0 Å². The minimum Gasteiger partial charge on any atom is -0.487 e. The lowest BCUT2D eigenvalue weighted by Gasteiger charge is -2.32. The number of rotatable bonds is 5. The Morgan fingerprint density at radius 3 is 3.05 bits per heavy atom. The highest BCUT2D eigenvalue weighted by molar-refractivity contribution is 5.17. The molecule has 1 aromatic heterocycles. The van der Waals surface area contributed by atoms with Crippen molar-refractivity contribution in [1.82, 2.24) is 4.90 Å². The van der Waals surface area contributed by atoms with Gasteiger partial charge in [-0.25, -0.2) is 0 Å². The summed E-state index contributed by atoms with van der Waals surface area (Å²) in [6.45, 7) is 1.37. The number of piperidine rings is 1. The number of aliphatic hydroxyl groups is 1. The molecule has 0 aromatic carbocycles. The highest BCUT2D eigenvalue weighted by atomic mass is 16.5. The van der Waals surface area contributed by atoms with Gasteiger partial charge in [-0.05, 0) is 32.9 Å². The second-order valence-electron chi connectivity index (χ2n) is 5.00. The zero-order chi connectivity index (χ0) is 13.7. The zero-order valence-electron chi connectivity index (χ0n) is 11.3. The van der Waals surface area contributed by atoms with E-state index < -0.39 is 0 Å². The van der Waals surface area contributed by atoms with Crippen LogP contribution in [0.4, 0.5) is 0 Å². The third kappa shape index (κ3) is 3.81. The molecule has 5 heteroatoms. The monoisotopic (exact) mass is 267 g/mol. The van der Waals surface area contributed by atoms with E-state index in [-0.39, 0.29) is 23.5 Å². The molecule has 2 rings (SSSR count). The van der Waals surface area contributed by atoms with Crippen LogP contribution in [0, 0.1) is 0 Å². The standard InChI is InChI=1S/C14H21NO4/c1-15-6-3-2-4-11(15)5-7-18-14-10-19-12(9-16)8-13(14)17/h8,10-11,16H,2-7,9H2,1H3. The number of ether oxygens (including phenoxy) is 1. The van der Waals surface area contributed by atoms with Crippen molar-refractivity contribution < 1.29 is 14.3 Å². The van der Waals surface area contributed by atoms with E-state index in [0.29, 0.717) is 12.6 Å². The Hall–Kier alpha value is -1.33. The Morgan fingerprint density at radius 2 is 2.37 bits per heavy atom. The molecule has 1 fully saturated rings. The maximum absolute atomic E-state index is 11.6. The highest BCUT2D eigenvalue weighted by Crippen LogP contribution is 2.18. The van der Waals surface area contributed by atoms with Gasteiger partial charge in [0.05, 0.1) is 6.61 Å². The second kappa shape index (κ2) is 6.73. The summed E-state index contributed by atoms with van der Waals surface area (Å²) < 4.78 is 10.5. The topological polar surface area (TPSA) is 62.9 Å². The first-order valence-electron chi connectivity index (χ1n) is 6.76. The molecule has 1 aliphatic rings. The molecule has 5 nitrogen and oxygen atoms in total. The summed E-state index contributed by atoms with van der Waals surface area (Å²) >= 11 is 0. The van der Waals surface area contributed by atoms with E-state index in [2.05, 4.69) is 11.9 Å². The zero-order valence-corrected chi connectivity index (χ0v) is 11.3. The molecular formula is C14H21NO4. The largest absolute Gasteiger partial charge is 0.487 e. The molecule has 0 aliphatic carbocycles. The van der Waals surface area contributed by atoms with Crippen molar-refractivity contribution in [3.8, 4) is 5.75 Å². The van der Waals surface area contributed by atoms with Gasteiger partial charge >= 0.3 is 0 Å². The van der Waals surface area contributed by atoms with Gasteiger partial charge in [0.25, 0.3) is 0 Å². The molecular weight excluding hydrogens is 246 g/mol. The van der Waals surface area contributed by atoms with Gasteiger partial charge in [-0.1, -0.05) is 6.42 Å². The van der Waals surface area contributed by atoms with E-state index in [9.17, 15) is 4.79 Å². The minimum atomic E-state index is -0.275. The molecule has 0 radical (unpaired) electrons. The highest BCUT2D eigenvalue weighted by Gasteiger charge is 2.18. The summed E-state index contributed by atoms with van der Waals surface area (Å²) in [6.07, 6.45) is 5.91. The number of hydrogen-bond acceptors (Lipinski definition) is 5. The Kier molecular flexibility index (Phi) is 4.99. The average molecular weight is 267 g/mol. The molecule has 1 unspecified atom stereocenters. The van der Waals surface area contributed by atoms with Gasteiger partial charge in [0.2, 0.25) is 11.2 Å². The van der Waals surface area contributed by atoms with Crippen LogP contribution >= 0.6 is 0 Å². The van der Waals surface area contributed by atoms with Gasteiger partial charge in [-0.3, -0.25) is 4.79 Å². The molecule has 1 N–H and O–H groups in total. The first-order chi connectivity index (χ1) is 9.20. The fourth-order valence-electron chi connectivity index (χ4n) is 2.44. The second-order valence-corrected chi connectivity index (χ2v) is 5.00. The fourth-order valence-corrected chi connectivity index (χ4v) is 2.44. The molecule has 1 saturated heterocycles. The quantitative estimate of drug-likeness (QED) is 0.873. The number of nitrogens with zero attached hydrogens (tertiary/aromatic N) is 1. The predicted octanol–water partition coefficient (Wildman–Crippen LogP) is 1.39. The first-order valence-corrected chi connectivity index (χ1v) is 6.76. The van der Waals surface area contributed by atoms with Crippen LogP contribution in [-0.2, 0) is 6.61 Å². The fraction of sp³-hybridized carbons (Fsp3) is 0.643. The summed E-state index contributed by atoms with van der Waals surface area (Å²) in [4.78, 5) is 14.0. The lowest BCUT2D eigenvalue weighted by molar-refractivity contribution is 0.151. The van der Waals surface area contributed by atoms with E-state index in [1.54, 1.807) is 0 Å². The van der Waals surface area contributed by atoms with Gasteiger partial charge < -0.3 is 19.2 Å². The van der Waals surface area contributed by atoms with Gasteiger partial charge in [-0.2, -0.15) is 0 Å².